The van der Waals surface area contributed by atoms with Gasteiger partial charge in [-0.2, -0.15) is 0 Å². The van der Waals surface area contributed by atoms with Crippen molar-refractivity contribution in [1.29, 1.82) is 0 Å². The first-order chi connectivity index (χ1) is 9.90. The normalized spacial score (nSPS) is 11.6. The Morgan fingerprint density at radius 2 is 2.19 bits per heavy atom. The Kier molecular flexibility index (Phi) is 4.81. The van der Waals surface area contributed by atoms with Crippen LogP contribution in [0.4, 0.5) is 5.69 Å². The van der Waals surface area contributed by atoms with Gasteiger partial charge >= 0.3 is 0 Å². The van der Waals surface area contributed by atoms with Crippen molar-refractivity contribution in [2.75, 3.05) is 18.2 Å². The molecule has 0 aliphatic carbocycles. The number of halogens is 1. The highest BCUT2D eigenvalue weighted by molar-refractivity contribution is 7.90. The lowest BCUT2D eigenvalue weighted by Gasteiger charge is -2.08. The maximum absolute atomic E-state index is 11.5. The lowest BCUT2D eigenvalue weighted by molar-refractivity contribution is 0.268. The Balaban J connectivity index is 2.12. The maximum atomic E-state index is 11.5. The molecule has 2 aromatic rings. The van der Waals surface area contributed by atoms with Crippen LogP contribution in [-0.2, 0) is 22.9 Å². The molecule has 0 amide bonds. The van der Waals surface area contributed by atoms with E-state index in [0.717, 1.165) is 6.26 Å². The van der Waals surface area contributed by atoms with Gasteiger partial charge in [0.2, 0.25) is 0 Å². The summed E-state index contributed by atoms with van der Waals surface area (Å²) in [4.78, 5) is 0.193. The molecule has 0 saturated heterocycles. The summed E-state index contributed by atoms with van der Waals surface area (Å²) in [5.41, 5.74) is 1.17. The zero-order valence-electron chi connectivity index (χ0n) is 11.3. The second kappa shape index (κ2) is 6.42. The van der Waals surface area contributed by atoms with E-state index in [1.165, 1.54) is 22.9 Å². The van der Waals surface area contributed by atoms with Gasteiger partial charge in [-0.05, 0) is 18.2 Å². The number of hydrogen-bond acceptors (Lipinski definition) is 6. The molecule has 0 fully saturated rings. The maximum Gasteiger partial charge on any atom is 0.175 e. The van der Waals surface area contributed by atoms with E-state index in [1.54, 1.807) is 6.20 Å². The molecule has 1 aromatic carbocycles. The zero-order valence-corrected chi connectivity index (χ0v) is 12.9. The summed E-state index contributed by atoms with van der Waals surface area (Å²) in [6.07, 6.45) is 2.83. The molecule has 21 heavy (non-hydrogen) atoms. The van der Waals surface area contributed by atoms with Crippen LogP contribution in [0.3, 0.4) is 0 Å². The molecule has 0 unspecified atom stereocenters. The molecule has 2 N–H and O–H groups in total. The fourth-order valence-corrected chi connectivity index (χ4v) is 2.52. The van der Waals surface area contributed by atoms with E-state index in [-0.39, 0.29) is 11.5 Å². The standard InChI is InChI=1S/C12H15ClN4O3S/c1-21(19,20)10-2-3-11(13)12(6-10)14-7-9-8-17(4-5-18)16-15-9/h2-3,6,8,14,18H,4-5,7H2,1H3. The molecule has 2 rings (SSSR count). The van der Waals surface area contributed by atoms with Gasteiger partial charge in [0.1, 0.15) is 5.69 Å². The van der Waals surface area contributed by atoms with Gasteiger partial charge in [0.15, 0.2) is 9.84 Å². The van der Waals surface area contributed by atoms with Gasteiger partial charge in [0, 0.05) is 6.26 Å². The average molecular weight is 331 g/mol. The zero-order chi connectivity index (χ0) is 15.5. The van der Waals surface area contributed by atoms with Gasteiger partial charge in [-0.25, -0.2) is 13.1 Å². The third kappa shape index (κ3) is 4.16. The van der Waals surface area contributed by atoms with Crippen LogP contribution in [0.2, 0.25) is 5.02 Å². The number of aromatic nitrogens is 3. The van der Waals surface area contributed by atoms with Crippen molar-refractivity contribution in [2.24, 2.45) is 0 Å². The molecule has 0 saturated carbocycles. The monoisotopic (exact) mass is 330 g/mol. The smallest absolute Gasteiger partial charge is 0.175 e. The first-order valence-electron chi connectivity index (χ1n) is 6.13. The summed E-state index contributed by atoms with van der Waals surface area (Å²) in [6.45, 7) is 0.703. The first-order valence-corrected chi connectivity index (χ1v) is 8.40. The molecule has 1 aromatic heterocycles. The van der Waals surface area contributed by atoms with Gasteiger partial charge in [0.05, 0.1) is 41.5 Å². The first kappa shape index (κ1) is 15.7. The van der Waals surface area contributed by atoms with E-state index in [1.807, 2.05) is 0 Å². The van der Waals surface area contributed by atoms with Gasteiger partial charge in [-0.1, -0.05) is 16.8 Å². The molecule has 7 nitrogen and oxygen atoms in total. The molecule has 0 radical (unpaired) electrons. The van der Waals surface area contributed by atoms with E-state index in [4.69, 9.17) is 16.7 Å². The number of nitrogens with zero attached hydrogens (tertiary/aromatic N) is 3. The van der Waals surface area contributed by atoms with E-state index >= 15 is 0 Å². The number of aliphatic hydroxyl groups is 1. The van der Waals surface area contributed by atoms with Crippen molar-refractivity contribution < 1.29 is 13.5 Å². The Hall–Kier alpha value is -1.64. The van der Waals surface area contributed by atoms with Crippen LogP contribution in [0.15, 0.2) is 29.3 Å². The fourth-order valence-electron chi connectivity index (χ4n) is 1.69. The minimum absolute atomic E-state index is 0.0154. The SMILES string of the molecule is CS(=O)(=O)c1ccc(Cl)c(NCc2cn(CCO)nn2)c1. The molecule has 0 bridgehead atoms. The Morgan fingerprint density at radius 1 is 1.43 bits per heavy atom. The topological polar surface area (TPSA) is 97.1 Å². The van der Waals surface area contributed by atoms with E-state index in [9.17, 15) is 8.42 Å². The Bertz CT molecular complexity index is 730. The minimum Gasteiger partial charge on any atom is -0.394 e. The largest absolute Gasteiger partial charge is 0.394 e. The van der Waals surface area contributed by atoms with E-state index in [2.05, 4.69) is 15.6 Å². The number of sulfone groups is 1. The van der Waals surface area contributed by atoms with Crippen molar-refractivity contribution in [1.82, 2.24) is 15.0 Å². The van der Waals surface area contributed by atoms with Crippen molar-refractivity contribution in [3.63, 3.8) is 0 Å². The fraction of sp³-hybridized carbons (Fsp3) is 0.333. The van der Waals surface area contributed by atoms with Crippen molar-refractivity contribution in [2.45, 2.75) is 18.0 Å². The highest BCUT2D eigenvalue weighted by Crippen LogP contribution is 2.25. The number of rotatable bonds is 6. The number of nitrogens with one attached hydrogen (secondary N) is 1. The number of hydrogen-bond donors (Lipinski definition) is 2. The molecular weight excluding hydrogens is 316 g/mol. The third-order valence-electron chi connectivity index (χ3n) is 2.74. The second-order valence-corrected chi connectivity index (χ2v) is 6.89. The van der Waals surface area contributed by atoms with Crippen LogP contribution >= 0.6 is 11.6 Å². The second-order valence-electron chi connectivity index (χ2n) is 4.46. The van der Waals surface area contributed by atoms with Crippen LogP contribution < -0.4 is 5.32 Å². The summed E-state index contributed by atoms with van der Waals surface area (Å²) in [5.74, 6) is 0. The predicted octanol–water partition coefficient (Wildman–Crippen LogP) is 0.939. The molecule has 0 aliphatic heterocycles. The van der Waals surface area contributed by atoms with E-state index in [0.29, 0.717) is 29.5 Å². The van der Waals surface area contributed by atoms with Crippen LogP contribution in [0.5, 0.6) is 0 Å². The van der Waals surface area contributed by atoms with Crippen LogP contribution in [0, 0.1) is 0 Å². The average Bonchev–Trinajstić information content (AvgIpc) is 2.84. The number of aliphatic hydroxyl groups excluding tert-OH is 1. The highest BCUT2D eigenvalue weighted by atomic mass is 35.5. The van der Waals surface area contributed by atoms with Gasteiger partial charge < -0.3 is 10.4 Å². The molecule has 0 atom stereocenters. The van der Waals surface area contributed by atoms with E-state index < -0.39 is 9.84 Å². The van der Waals surface area contributed by atoms with Gasteiger partial charge in [-0.3, -0.25) is 0 Å². The molecule has 114 valence electrons. The lowest BCUT2D eigenvalue weighted by atomic mass is 10.3. The number of anilines is 1. The predicted molar refractivity (Wildman–Crippen MR) is 79.0 cm³/mol. The summed E-state index contributed by atoms with van der Waals surface area (Å²) in [5, 5.41) is 20.0. The molecule has 0 spiro atoms. The molecule has 1 heterocycles. The lowest BCUT2D eigenvalue weighted by Crippen LogP contribution is -2.03. The Labute approximate surface area is 127 Å². The summed E-state index contributed by atoms with van der Waals surface area (Å²) >= 11 is 6.04. The van der Waals surface area contributed by atoms with Crippen LogP contribution in [-0.4, -0.2) is 41.4 Å². The van der Waals surface area contributed by atoms with Crippen molar-refractivity contribution in [3.8, 4) is 0 Å². The van der Waals surface area contributed by atoms with Gasteiger partial charge in [0.25, 0.3) is 0 Å². The summed E-state index contributed by atoms with van der Waals surface area (Å²) in [7, 11) is -3.29. The van der Waals surface area contributed by atoms with Crippen molar-refractivity contribution >= 4 is 27.1 Å². The summed E-state index contributed by atoms with van der Waals surface area (Å²) < 4.78 is 24.6. The highest BCUT2D eigenvalue weighted by Gasteiger charge is 2.10. The third-order valence-corrected chi connectivity index (χ3v) is 4.18. The minimum atomic E-state index is -3.29. The molecular formula is C12H15ClN4O3S. The van der Waals surface area contributed by atoms with Crippen LogP contribution in [0.1, 0.15) is 5.69 Å². The van der Waals surface area contributed by atoms with Gasteiger partial charge in [-0.15, -0.1) is 5.10 Å². The molecule has 0 aliphatic rings. The van der Waals surface area contributed by atoms with Crippen LogP contribution in [0.25, 0.3) is 0 Å². The molecule has 9 heteroatoms. The number of benzene rings is 1. The van der Waals surface area contributed by atoms with Crippen molar-refractivity contribution in [3.05, 3.63) is 35.1 Å². The Morgan fingerprint density at radius 3 is 2.86 bits per heavy atom. The quantitative estimate of drug-likeness (QED) is 0.818. The summed E-state index contributed by atoms with van der Waals surface area (Å²) in [6, 6.07) is 4.47.